The van der Waals surface area contributed by atoms with Gasteiger partial charge < -0.3 is 24.8 Å². The summed E-state index contributed by atoms with van der Waals surface area (Å²) in [5.74, 6) is 0.563. The van der Waals surface area contributed by atoms with E-state index in [-0.39, 0.29) is 35.0 Å². The van der Waals surface area contributed by atoms with Crippen LogP contribution in [0, 0.1) is 5.41 Å². The molecule has 1 atom stereocenters. The fourth-order valence-electron chi connectivity index (χ4n) is 5.61. The minimum atomic E-state index is -0.523. The number of nitrogens with one attached hydrogen (secondary N) is 1. The van der Waals surface area contributed by atoms with Gasteiger partial charge in [0.05, 0.1) is 6.04 Å². The Kier molecular flexibility index (Phi) is 5.36. The maximum atomic E-state index is 13.0. The molecule has 168 valence electrons. The van der Waals surface area contributed by atoms with Crippen molar-refractivity contribution in [3.63, 3.8) is 0 Å². The molecule has 2 saturated heterocycles. The van der Waals surface area contributed by atoms with Gasteiger partial charge in [0.2, 0.25) is 5.91 Å². The molecule has 5 aliphatic rings. The first-order valence-electron chi connectivity index (χ1n) is 11.0. The van der Waals surface area contributed by atoms with Gasteiger partial charge in [-0.1, -0.05) is 0 Å². The second-order valence-electron chi connectivity index (χ2n) is 10.5. The Balaban J connectivity index is 1.28. The molecule has 0 spiro atoms. The standard InChI is InChI=1S/C21H33ClN4O4/c1-19(2,3)30-18(29)24-7-8-25-15(9-24)10-26(17(25)28)21-11-20(12-21,13-21)14-23-16(27)5-4-6-22/h15H,4-14H2,1-3H3,(H,23,27). The summed E-state index contributed by atoms with van der Waals surface area (Å²) in [7, 11) is 0. The number of nitrogens with zero attached hydrogens (tertiary/aromatic N) is 3. The maximum absolute atomic E-state index is 13.0. The number of hydrogen-bond acceptors (Lipinski definition) is 4. The molecule has 3 aliphatic carbocycles. The van der Waals surface area contributed by atoms with Crippen LogP contribution in [0.2, 0.25) is 0 Å². The number of alkyl halides is 1. The second-order valence-corrected chi connectivity index (χ2v) is 10.9. The zero-order chi connectivity index (χ0) is 21.7. The van der Waals surface area contributed by atoms with Gasteiger partial charge in [-0.25, -0.2) is 9.59 Å². The SMILES string of the molecule is CC(C)(C)OC(=O)N1CCN2C(=O)N(C34CC(CNC(=O)CCCCl)(C3)C4)CC2C1. The van der Waals surface area contributed by atoms with Crippen LogP contribution in [-0.2, 0) is 9.53 Å². The lowest BCUT2D eigenvalue weighted by atomic mass is 9.38. The minimum absolute atomic E-state index is 0.0269. The van der Waals surface area contributed by atoms with E-state index >= 15 is 0 Å². The average molecular weight is 441 g/mol. The molecular formula is C21H33ClN4O4. The van der Waals surface area contributed by atoms with Crippen LogP contribution in [0.1, 0.15) is 52.9 Å². The molecular weight excluding hydrogens is 408 g/mol. The number of amides is 4. The Morgan fingerprint density at radius 2 is 1.90 bits per heavy atom. The van der Waals surface area contributed by atoms with Crippen molar-refractivity contribution >= 4 is 29.6 Å². The largest absolute Gasteiger partial charge is 0.444 e. The third-order valence-electron chi connectivity index (χ3n) is 6.89. The fraction of sp³-hybridized carbons (Fsp3) is 0.857. The molecule has 2 bridgehead atoms. The molecule has 9 heteroatoms. The number of carbonyl (C=O) groups excluding carboxylic acids is 3. The Morgan fingerprint density at radius 1 is 1.20 bits per heavy atom. The summed E-state index contributed by atoms with van der Waals surface area (Å²) in [5, 5.41) is 3.03. The van der Waals surface area contributed by atoms with Gasteiger partial charge in [-0.05, 0) is 51.9 Å². The van der Waals surface area contributed by atoms with E-state index in [0.717, 1.165) is 19.3 Å². The van der Waals surface area contributed by atoms with Crippen molar-refractivity contribution in [1.82, 2.24) is 20.0 Å². The molecule has 5 rings (SSSR count). The molecule has 3 saturated carbocycles. The molecule has 0 aromatic carbocycles. The molecule has 1 unspecified atom stereocenters. The summed E-state index contributed by atoms with van der Waals surface area (Å²) in [6.45, 7) is 8.53. The summed E-state index contributed by atoms with van der Waals surface area (Å²) in [5.41, 5.74) is -0.417. The smallest absolute Gasteiger partial charge is 0.410 e. The van der Waals surface area contributed by atoms with E-state index in [9.17, 15) is 14.4 Å². The summed E-state index contributed by atoms with van der Waals surface area (Å²) >= 11 is 5.64. The van der Waals surface area contributed by atoms with Crippen molar-refractivity contribution in [3.8, 4) is 0 Å². The zero-order valence-electron chi connectivity index (χ0n) is 18.2. The number of urea groups is 1. The second kappa shape index (κ2) is 7.46. The summed E-state index contributed by atoms with van der Waals surface area (Å²) in [6.07, 6.45) is 3.74. The van der Waals surface area contributed by atoms with E-state index in [2.05, 4.69) is 5.32 Å². The molecule has 0 radical (unpaired) electrons. The van der Waals surface area contributed by atoms with Crippen LogP contribution in [0.3, 0.4) is 0 Å². The highest BCUT2D eigenvalue weighted by Gasteiger charge is 2.72. The molecule has 2 heterocycles. The molecule has 8 nitrogen and oxygen atoms in total. The summed E-state index contributed by atoms with van der Waals surface area (Å²) in [6, 6.07) is 0.127. The number of halogens is 1. The third-order valence-corrected chi connectivity index (χ3v) is 7.15. The normalized spacial score (nSPS) is 32.3. The topological polar surface area (TPSA) is 82.2 Å². The Hall–Kier alpha value is -1.70. The van der Waals surface area contributed by atoms with E-state index in [1.807, 2.05) is 30.6 Å². The highest BCUT2D eigenvalue weighted by molar-refractivity contribution is 6.17. The van der Waals surface area contributed by atoms with E-state index < -0.39 is 5.60 Å². The van der Waals surface area contributed by atoms with Gasteiger partial charge in [0.1, 0.15) is 5.60 Å². The molecule has 2 aliphatic heterocycles. The van der Waals surface area contributed by atoms with Crippen LogP contribution in [-0.4, -0.2) is 88.5 Å². The lowest BCUT2D eigenvalue weighted by molar-refractivity contribution is -0.197. The van der Waals surface area contributed by atoms with Crippen molar-refractivity contribution < 1.29 is 19.1 Å². The van der Waals surface area contributed by atoms with Gasteiger partial charge >= 0.3 is 12.1 Å². The van der Waals surface area contributed by atoms with Crippen molar-refractivity contribution in [2.75, 3.05) is 38.6 Å². The number of rotatable bonds is 6. The highest BCUT2D eigenvalue weighted by atomic mass is 35.5. The lowest BCUT2D eigenvalue weighted by Crippen LogP contribution is -2.77. The molecule has 1 N–H and O–H groups in total. The number of fused-ring (bicyclic) bond motifs is 1. The molecule has 0 aromatic rings. The minimum Gasteiger partial charge on any atom is -0.444 e. The first-order valence-corrected chi connectivity index (χ1v) is 11.5. The van der Waals surface area contributed by atoms with Crippen molar-refractivity contribution in [1.29, 1.82) is 0 Å². The van der Waals surface area contributed by atoms with Crippen LogP contribution < -0.4 is 5.32 Å². The number of ether oxygens (including phenoxy) is 1. The predicted molar refractivity (Wildman–Crippen MR) is 112 cm³/mol. The van der Waals surface area contributed by atoms with Crippen molar-refractivity contribution in [2.24, 2.45) is 5.41 Å². The summed E-state index contributed by atoms with van der Waals surface area (Å²) < 4.78 is 5.50. The van der Waals surface area contributed by atoms with Crippen LogP contribution in [0.4, 0.5) is 9.59 Å². The van der Waals surface area contributed by atoms with Crippen LogP contribution >= 0.6 is 11.6 Å². The first-order chi connectivity index (χ1) is 14.1. The summed E-state index contributed by atoms with van der Waals surface area (Å²) in [4.78, 5) is 43.0. The van der Waals surface area contributed by atoms with Crippen LogP contribution in [0.25, 0.3) is 0 Å². The number of carbonyl (C=O) groups is 3. The highest BCUT2D eigenvalue weighted by Crippen LogP contribution is 2.70. The van der Waals surface area contributed by atoms with Crippen molar-refractivity contribution in [2.45, 2.75) is 70.1 Å². The Bertz CT molecular complexity index is 717. The van der Waals surface area contributed by atoms with E-state index in [1.54, 1.807) is 4.90 Å². The average Bonchev–Trinajstić information content (AvgIpc) is 2.92. The number of piperazine rings is 1. The van der Waals surface area contributed by atoms with Crippen LogP contribution in [0.15, 0.2) is 0 Å². The predicted octanol–water partition coefficient (Wildman–Crippen LogP) is 2.40. The molecule has 5 fully saturated rings. The zero-order valence-corrected chi connectivity index (χ0v) is 19.0. The Morgan fingerprint density at radius 3 is 2.53 bits per heavy atom. The van der Waals surface area contributed by atoms with Gasteiger partial charge in [0, 0.05) is 50.6 Å². The monoisotopic (exact) mass is 440 g/mol. The van der Waals surface area contributed by atoms with E-state index in [0.29, 0.717) is 51.4 Å². The Labute approximate surface area is 183 Å². The molecule has 0 aromatic heterocycles. The molecule has 30 heavy (non-hydrogen) atoms. The fourth-order valence-corrected chi connectivity index (χ4v) is 5.74. The third kappa shape index (κ3) is 3.83. The van der Waals surface area contributed by atoms with Crippen LogP contribution in [0.5, 0.6) is 0 Å². The lowest BCUT2D eigenvalue weighted by Gasteiger charge is -2.73. The van der Waals surface area contributed by atoms with Gasteiger partial charge in [-0.2, -0.15) is 0 Å². The van der Waals surface area contributed by atoms with Gasteiger partial charge in [-0.3, -0.25) is 4.79 Å². The van der Waals surface area contributed by atoms with E-state index in [1.165, 1.54) is 0 Å². The first kappa shape index (κ1) is 21.5. The maximum Gasteiger partial charge on any atom is 0.410 e. The van der Waals surface area contributed by atoms with Gasteiger partial charge in [0.25, 0.3) is 0 Å². The number of hydrogen-bond donors (Lipinski definition) is 1. The van der Waals surface area contributed by atoms with E-state index in [4.69, 9.17) is 16.3 Å². The van der Waals surface area contributed by atoms with Crippen molar-refractivity contribution in [3.05, 3.63) is 0 Å². The molecule has 4 amide bonds. The quantitative estimate of drug-likeness (QED) is 0.643. The van der Waals surface area contributed by atoms with Gasteiger partial charge in [-0.15, -0.1) is 11.6 Å². The van der Waals surface area contributed by atoms with Gasteiger partial charge in [0.15, 0.2) is 0 Å².